The Hall–Kier alpha value is -4.66. The second-order valence-corrected chi connectivity index (χ2v) is 9.20. The first-order chi connectivity index (χ1) is 18.9. The lowest BCUT2D eigenvalue weighted by molar-refractivity contribution is -0.137. The van der Waals surface area contributed by atoms with Crippen molar-refractivity contribution in [3.63, 3.8) is 0 Å². The van der Waals surface area contributed by atoms with Gasteiger partial charge in [-0.05, 0) is 60.7 Å². The number of hydrogen-bond donors (Lipinski definition) is 0. The zero-order valence-corrected chi connectivity index (χ0v) is 20.8. The van der Waals surface area contributed by atoms with Gasteiger partial charge in [0.25, 0.3) is 0 Å². The van der Waals surface area contributed by atoms with Gasteiger partial charge >= 0.3 is 6.18 Å². The van der Waals surface area contributed by atoms with E-state index < -0.39 is 11.7 Å². The summed E-state index contributed by atoms with van der Waals surface area (Å²) in [4.78, 5) is 18.0. The Bertz CT molecular complexity index is 1570. The summed E-state index contributed by atoms with van der Waals surface area (Å²) in [6, 6.07) is 27.7. The summed E-state index contributed by atoms with van der Waals surface area (Å²) in [7, 11) is 0. The predicted octanol–water partition coefficient (Wildman–Crippen LogP) is 6.83. The number of alkyl halides is 3. The summed E-state index contributed by atoms with van der Waals surface area (Å²) < 4.78 is 44.7. The molecule has 6 rings (SSSR count). The Kier molecular flexibility index (Phi) is 6.48. The van der Waals surface area contributed by atoms with Crippen LogP contribution in [-0.4, -0.2) is 41.1 Å². The summed E-state index contributed by atoms with van der Waals surface area (Å²) in [6.07, 6.45) is -3.51. The molecule has 39 heavy (non-hydrogen) atoms. The summed E-state index contributed by atoms with van der Waals surface area (Å²) in [5, 5.41) is 0.950. The summed E-state index contributed by atoms with van der Waals surface area (Å²) >= 11 is 0. The molecule has 0 saturated carbocycles. The minimum Gasteiger partial charge on any atom is -0.457 e. The zero-order chi connectivity index (χ0) is 26.8. The largest absolute Gasteiger partial charge is 0.457 e. The van der Waals surface area contributed by atoms with Crippen LogP contribution in [0.2, 0.25) is 0 Å². The second-order valence-electron chi connectivity index (χ2n) is 9.20. The average molecular weight is 528 g/mol. The normalized spacial score (nSPS) is 14.0. The van der Waals surface area contributed by atoms with E-state index in [4.69, 9.17) is 14.7 Å². The molecular formula is C30H24F3N5O. The smallest absolute Gasteiger partial charge is 0.417 e. The number of piperazine rings is 1. The van der Waals surface area contributed by atoms with E-state index in [1.165, 1.54) is 6.07 Å². The van der Waals surface area contributed by atoms with Crippen LogP contribution in [0.3, 0.4) is 0 Å². The number of anilines is 2. The molecule has 1 aliphatic rings. The van der Waals surface area contributed by atoms with Gasteiger partial charge in [0.1, 0.15) is 23.1 Å². The molecule has 9 heteroatoms. The molecule has 0 aliphatic carbocycles. The first-order valence-corrected chi connectivity index (χ1v) is 12.6. The van der Waals surface area contributed by atoms with E-state index in [1.807, 2.05) is 83.8 Å². The Morgan fingerprint density at radius 2 is 1.33 bits per heavy atom. The fourth-order valence-corrected chi connectivity index (χ4v) is 4.61. The van der Waals surface area contributed by atoms with Crippen LogP contribution in [0.25, 0.3) is 22.3 Å². The van der Waals surface area contributed by atoms with Gasteiger partial charge in [-0.2, -0.15) is 13.2 Å². The molecule has 0 unspecified atom stereocenters. The first-order valence-electron chi connectivity index (χ1n) is 12.6. The van der Waals surface area contributed by atoms with Gasteiger partial charge in [0.15, 0.2) is 5.82 Å². The van der Waals surface area contributed by atoms with Crippen LogP contribution in [-0.2, 0) is 6.18 Å². The third-order valence-electron chi connectivity index (χ3n) is 6.65. The number of benzene rings is 3. The van der Waals surface area contributed by atoms with Crippen molar-refractivity contribution in [1.82, 2.24) is 15.0 Å². The van der Waals surface area contributed by atoms with Gasteiger partial charge in [-0.1, -0.05) is 30.3 Å². The highest BCUT2D eigenvalue weighted by molar-refractivity contribution is 5.91. The van der Waals surface area contributed by atoms with E-state index in [2.05, 4.69) is 9.88 Å². The lowest BCUT2D eigenvalue weighted by atomic mass is 10.1. The molecule has 0 spiro atoms. The Morgan fingerprint density at radius 3 is 2.03 bits per heavy atom. The first kappa shape index (κ1) is 24.7. The monoisotopic (exact) mass is 527 g/mol. The molecule has 1 aliphatic heterocycles. The van der Waals surface area contributed by atoms with Crippen LogP contribution >= 0.6 is 0 Å². The molecule has 1 saturated heterocycles. The molecule has 2 aromatic heterocycles. The van der Waals surface area contributed by atoms with Crippen LogP contribution in [0, 0.1) is 0 Å². The number of halogens is 3. The second kappa shape index (κ2) is 10.2. The highest BCUT2D eigenvalue weighted by Gasteiger charge is 2.31. The third kappa shape index (κ3) is 5.34. The number of rotatable bonds is 5. The van der Waals surface area contributed by atoms with Crippen LogP contribution in [0.15, 0.2) is 97.2 Å². The molecule has 0 atom stereocenters. The van der Waals surface area contributed by atoms with Crippen molar-refractivity contribution in [1.29, 1.82) is 0 Å². The SMILES string of the molecule is FC(F)(F)c1ccc(N2CCN(c3nc(-c4ccc(Oc5ccccc5)cc4)nc4ccccc34)CC2)nc1. The Labute approximate surface area is 223 Å². The van der Waals surface area contributed by atoms with Gasteiger partial charge in [-0.15, -0.1) is 0 Å². The number of hydrogen-bond acceptors (Lipinski definition) is 6. The minimum absolute atomic E-state index is 0.536. The lowest BCUT2D eigenvalue weighted by Gasteiger charge is -2.36. The van der Waals surface area contributed by atoms with Crippen LogP contribution in [0.1, 0.15) is 5.56 Å². The van der Waals surface area contributed by atoms with E-state index >= 15 is 0 Å². The van der Waals surface area contributed by atoms with Crippen LogP contribution < -0.4 is 14.5 Å². The zero-order valence-electron chi connectivity index (χ0n) is 20.8. The molecule has 1 fully saturated rings. The maximum atomic E-state index is 12.9. The van der Waals surface area contributed by atoms with Gasteiger partial charge in [0.2, 0.25) is 0 Å². The highest BCUT2D eigenvalue weighted by atomic mass is 19.4. The molecule has 0 amide bonds. The van der Waals surface area contributed by atoms with Crippen molar-refractivity contribution in [3.8, 4) is 22.9 Å². The van der Waals surface area contributed by atoms with Crippen LogP contribution in [0.4, 0.5) is 24.8 Å². The molecule has 0 N–H and O–H groups in total. The maximum absolute atomic E-state index is 12.9. The molecule has 3 aromatic carbocycles. The van der Waals surface area contributed by atoms with E-state index in [0.717, 1.165) is 46.0 Å². The third-order valence-corrected chi connectivity index (χ3v) is 6.65. The number of aromatic nitrogens is 3. The van der Waals surface area contributed by atoms with Crippen molar-refractivity contribution < 1.29 is 17.9 Å². The standard InChI is InChI=1S/C30H24F3N5O/c31-30(32,33)22-12-15-27(34-20-22)37-16-18-38(19-17-37)29-25-8-4-5-9-26(25)35-28(36-29)21-10-13-24(14-11-21)39-23-6-2-1-3-7-23/h1-15,20H,16-19H2. The quantitative estimate of drug-likeness (QED) is 0.250. The molecule has 0 radical (unpaired) electrons. The Balaban J connectivity index is 1.23. The van der Waals surface area contributed by atoms with Crippen LogP contribution in [0.5, 0.6) is 11.5 Å². The van der Waals surface area contributed by atoms with Crippen molar-refractivity contribution in [2.45, 2.75) is 6.18 Å². The summed E-state index contributed by atoms with van der Waals surface area (Å²) in [6.45, 7) is 2.51. The van der Waals surface area contributed by atoms with E-state index in [9.17, 15) is 13.2 Å². The fraction of sp³-hybridized carbons (Fsp3) is 0.167. The maximum Gasteiger partial charge on any atom is 0.417 e. The van der Waals surface area contributed by atoms with Crippen molar-refractivity contribution in [3.05, 3.63) is 103 Å². The van der Waals surface area contributed by atoms with Crippen molar-refractivity contribution >= 4 is 22.5 Å². The van der Waals surface area contributed by atoms with Gasteiger partial charge in [-0.25, -0.2) is 15.0 Å². The van der Waals surface area contributed by atoms with E-state index in [1.54, 1.807) is 0 Å². The number of nitrogens with zero attached hydrogens (tertiary/aromatic N) is 5. The topological polar surface area (TPSA) is 54.4 Å². The fourth-order valence-electron chi connectivity index (χ4n) is 4.61. The molecule has 6 nitrogen and oxygen atoms in total. The summed E-state index contributed by atoms with van der Waals surface area (Å²) in [5.41, 5.74) is 0.966. The predicted molar refractivity (Wildman–Crippen MR) is 145 cm³/mol. The number of pyridine rings is 1. The molecule has 3 heterocycles. The molecule has 0 bridgehead atoms. The average Bonchev–Trinajstić information content (AvgIpc) is 2.97. The van der Waals surface area contributed by atoms with Gasteiger partial charge < -0.3 is 14.5 Å². The van der Waals surface area contributed by atoms with Crippen molar-refractivity contribution in [2.24, 2.45) is 0 Å². The number of fused-ring (bicyclic) bond motifs is 1. The van der Waals surface area contributed by atoms with E-state index in [-0.39, 0.29) is 0 Å². The van der Waals surface area contributed by atoms with Crippen molar-refractivity contribution in [2.75, 3.05) is 36.0 Å². The summed E-state index contributed by atoms with van der Waals surface area (Å²) in [5.74, 6) is 3.47. The number of para-hydroxylation sites is 2. The van der Waals surface area contributed by atoms with Gasteiger partial charge in [-0.3, -0.25) is 0 Å². The van der Waals surface area contributed by atoms with Gasteiger partial charge in [0.05, 0.1) is 11.1 Å². The minimum atomic E-state index is -4.40. The Morgan fingerprint density at radius 1 is 0.667 bits per heavy atom. The van der Waals surface area contributed by atoms with E-state index in [0.29, 0.717) is 37.8 Å². The highest BCUT2D eigenvalue weighted by Crippen LogP contribution is 2.32. The number of ether oxygens (including phenoxy) is 1. The van der Waals surface area contributed by atoms with Gasteiger partial charge in [0, 0.05) is 43.3 Å². The molecular weight excluding hydrogens is 503 g/mol. The molecule has 196 valence electrons. The lowest BCUT2D eigenvalue weighted by Crippen LogP contribution is -2.47. The molecule has 5 aromatic rings.